The van der Waals surface area contributed by atoms with Crippen LogP contribution in [0.2, 0.25) is 0 Å². The summed E-state index contributed by atoms with van der Waals surface area (Å²) in [6.07, 6.45) is 11.6. The fourth-order valence-corrected chi connectivity index (χ4v) is 4.39. The van der Waals surface area contributed by atoms with Crippen LogP contribution in [0.5, 0.6) is 0 Å². The lowest BCUT2D eigenvalue weighted by atomic mass is 9.88. The summed E-state index contributed by atoms with van der Waals surface area (Å²) in [4.78, 5) is 18.6. The third kappa shape index (κ3) is 3.12. The second kappa shape index (κ2) is 6.84. The molecule has 128 valence electrons. The van der Waals surface area contributed by atoms with E-state index in [-0.39, 0.29) is 11.9 Å². The largest absolute Gasteiger partial charge is 0.346 e. The second-order valence-corrected chi connectivity index (χ2v) is 7.22. The molecule has 4 nitrogen and oxygen atoms in total. The summed E-state index contributed by atoms with van der Waals surface area (Å²) >= 11 is 1.72. The number of rotatable bonds is 4. The molecule has 1 unspecified atom stereocenters. The summed E-state index contributed by atoms with van der Waals surface area (Å²) in [7, 11) is 0. The molecule has 25 heavy (non-hydrogen) atoms. The number of amides is 1. The third-order valence-electron chi connectivity index (χ3n) is 4.88. The summed E-state index contributed by atoms with van der Waals surface area (Å²) < 4.78 is 0. The molecule has 2 aliphatic heterocycles. The van der Waals surface area contributed by atoms with E-state index in [4.69, 9.17) is 0 Å². The van der Waals surface area contributed by atoms with Crippen molar-refractivity contribution in [3.8, 4) is 0 Å². The van der Waals surface area contributed by atoms with Crippen molar-refractivity contribution in [2.45, 2.75) is 31.7 Å². The first-order valence-electron chi connectivity index (χ1n) is 8.68. The molecule has 0 bridgehead atoms. The van der Waals surface area contributed by atoms with Crippen molar-refractivity contribution < 1.29 is 4.79 Å². The van der Waals surface area contributed by atoms with E-state index >= 15 is 0 Å². The Morgan fingerprint density at radius 2 is 2.36 bits per heavy atom. The molecule has 1 aromatic rings. The highest BCUT2D eigenvalue weighted by molar-refractivity contribution is 7.08. The quantitative estimate of drug-likeness (QED) is 0.835. The summed E-state index contributed by atoms with van der Waals surface area (Å²) in [6.45, 7) is 4.49. The number of aliphatic imine (C=N–C) groups is 1. The first-order valence-corrected chi connectivity index (χ1v) is 9.62. The second-order valence-electron chi connectivity index (χ2n) is 6.44. The SMILES string of the molecule is C=CC(=O)NC1C=C(C2=C3C=CN=C3CCN2c2ccsc2)CCC1. The van der Waals surface area contributed by atoms with Gasteiger partial charge >= 0.3 is 0 Å². The van der Waals surface area contributed by atoms with Gasteiger partial charge < -0.3 is 10.2 Å². The number of carbonyl (C=O) groups excluding carboxylic acids is 1. The molecule has 1 atom stereocenters. The average molecular weight is 351 g/mol. The minimum atomic E-state index is -0.110. The molecule has 0 saturated heterocycles. The first kappa shape index (κ1) is 16.1. The van der Waals surface area contributed by atoms with Crippen molar-refractivity contribution in [3.05, 3.63) is 64.7 Å². The molecule has 1 aromatic heterocycles. The molecule has 4 rings (SSSR count). The molecule has 0 saturated carbocycles. The summed E-state index contributed by atoms with van der Waals surface area (Å²) in [5, 5.41) is 7.34. The Morgan fingerprint density at radius 1 is 1.44 bits per heavy atom. The fraction of sp³-hybridized carbons (Fsp3) is 0.300. The predicted molar refractivity (Wildman–Crippen MR) is 104 cm³/mol. The van der Waals surface area contributed by atoms with Crippen LogP contribution in [0.25, 0.3) is 0 Å². The molecule has 5 heteroatoms. The van der Waals surface area contributed by atoms with Gasteiger partial charge in [-0.1, -0.05) is 12.7 Å². The number of hydrogen-bond acceptors (Lipinski definition) is 4. The van der Waals surface area contributed by atoms with Gasteiger partial charge in [-0.2, -0.15) is 11.3 Å². The number of nitrogens with one attached hydrogen (secondary N) is 1. The molecule has 1 aliphatic carbocycles. The van der Waals surface area contributed by atoms with E-state index in [1.165, 1.54) is 34.3 Å². The molecule has 0 spiro atoms. The van der Waals surface area contributed by atoms with E-state index < -0.39 is 0 Å². The lowest BCUT2D eigenvalue weighted by molar-refractivity contribution is -0.116. The smallest absolute Gasteiger partial charge is 0.243 e. The lowest BCUT2D eigenvalue weighted by Crippen LogP contribution is -2.37. The first-order chi connectivity index (χ1) is 12.3. The zero-order valence-electron chi connectivity index (χ0n) is 14.1. The fourth-order valence-electron chi connectivity index (χ4n) is 3.75. The highest BCUT2D eigenvalue weighted by atomic mass is 32.1. The van der Waals surface area contributed by atoms with E-state index in [2.05, 4.69) is 50.8 Å². The maximum Gasteiger partial charge on any atom is 0.243 e. The molecular formula is C20H21N3OS. The molecule has 1 amide bonds. The minimum absolute atomic E-state index is 0.0689. The van der Waals surface area contributed by atoms with Gasteiger partial charge in [0, 0.05) is 36.2 Å². The van der Waals surface area contributed by atoms with Crippen molar-refractivity contribution in [2.75, 3.05) is 11.4 Å². The zero-order valence-corrected chi connectivity index (χ0v) is 14.9. The van der Waals surface area contributed by atoms with Crippen LogP contribution in [0.15, 0.2) is 69.7 Å². The Labute approximate surface area is 152 Å². The average Bonchev–Trinajstić information content (AvgIpc) is 3.32. The van der Waals surface area contributed by atoms with Crippen LogP contribution in [-0.4, -0.2) is 24.2 Å². The summed E-state index contributed by atoms with van der Waals surface area (Å²) in [5.41, 5.74) is 6.22. The maximum atomic E-state index is 11.7. The van der Waals surface area contributed by atoms with Gasteiger partial charge in [-0.15, -0.1) is 0 Å². The van der Waals surface area contributed by atoms with Gasteiger partial charge in [0.15, 0.2) is 0 Å². The van der Waals surface area contributed by atoms with Gasteiger partial charge in [0.25, 0.3) is 0 Å². The maximum absolute atomic E-state index is 11.7. The number of anilines is 1. The number of carbonyl (C=O) groups is 1. The van der Waals surface area contributed by atoms with Gasteiger partial charge in [-0.3, -0.25) is 9.79 Å². The number of nitrogens with zero attached hydrogens (tertiary/aromatic N) is 2. The Bertz CT molecular complexity index is 814. The van der Waals surface area contributed by atoms with E-state index in [0.717, 1.165) is 32.2 Å². The third-order valence-corrected chi connectivity index (χ3v) is 5.55. The van der Waals surface area contributed by atoms with Crippen molar-refractivity contribution in [2.24, 2.45) is 4.99 Å². The molecule has 0 radical (unpaired) electrons. The van der Waals surface area contributed by atoms with E-state index in [1.54, 1.807) is 11.3 Å². The van der Waals surface area contributed by atoms with E-state index in [9.17, 15) is 4.79 Å². The summed E-state index contributed by atoms with van der Waals surface area (Å²) in [5.74, 6) is -0.110. The van der Waals surface area contributed by atoms with Gasteiger partial charge in [-0.25, -0.2) is 0 Å². The van der Waals surface area contributed by atoms with Crippen LogP contribution in [0.1, 0.15) is 25.7 Å². The normalized spacial score (nSPS) is 22.4. The Morgan fingerprint density at radius 3 is 3.16 bits per heavy atom. The topological polar surface area (TPSA) is 44.7 Å². The standard InChI is InChI=1S/C20H21N3OS/c1-2-19(24)22-15-5-3-4-14(12-15)20-17-6-9-21-18(17)7-10-23(20)16-8-11-25-13-16/h2,6,8-9,11-13,15H,1,3-5,7,10H2,(H,22,24). The Hall–Kier alpha value is -2.40. The van der Waals surface area contributed by atoms with E-state index in [1.807, 2.05) is 6.20 Å². The van der Waals surface area contributed by atoms with Crippen LogP contribution < -0.4 is 10.2 Å². The van der Waals surface area contributed by atoms with Crippen molar-refractivity contribution in [3.63, 3.8) is 0 Å². The van der Waals surface area contributed by atoms with Crippen molar-refractivity contribution in [1.82, 2.24) is 5.32 Å². The van der Waals surface area contributed by atoms with E-state index in [0.29, 0.717) is 0 Å². The Kier molecular flexibility index (Phi) is 4.40. The van der Waals surface area contributed by atoms with Gasteiger partial charge in [0.05, 0.1) is 17.1 Å². The minimum Gasteiger partial charge on any atom is -0.346 e. The highest BCUT2D eigenvalue weighted by Crippen LogP contribution is 2.37. The summed E-state index contributed by atoms with van der Waals surface area (Å²) in [6, 6.07) is 2.24. The zero-order chi connectivity index (χ0) is 17.2. The number of thiophene rings is 1. The molecule has 3 heterocycles. The number of allylic oxidation sites excluding steroid dienone is 3. The van der Waals surface area contributed by atoms with Crippen molar-refractivity contribution in [1.29, 1.82) is 0 Å². The van der Waals surface area contributed by atoms with Crippen LogP contribution >= 0.6 is 11.3 Å². The molecule has 0 aromatic carbocycles. The van der Waals surface area contributed by atoms with Crippen LogP contribution in [-0.2, 0) is 4.79 Å². The van der Waals surface area contributed by atoms with Gasteiger partial charge in [0.2, 0.25) is 5.91 Å². The van der Waals surface area contributed by atoms with Crippen LogP contribution in [0, 0.1) is 0 Å². The molecule has 3 aliphatic rings. The molecular weight excluding hydrogens is 330 g/mol. The highest BCUT2D eigenvalue weighted by Gasteiger charge is 2.30. The molecule has 1 N–H and O–H groups in total. The van der Waals surface area contributed by atoms with Gasteiger partial charge in [-0.05, 0) is 48.4 Å². The van der Waals surface area contributed by atoms with Gasteiger partial charge in [0.1, 0.15) is 0 Å². The molecule has 0 fully saturated rings. The number of fused-ring (bicyclic) bond motifs is 1. The van der Waals surface area contributed by atoms with Crippen molar-refractivity contribution >= 4 is 28.6 Å². The Balaban J connectivity index is 1.73. The van der Waals surface area contributed by atoms with Crippen LogP contribution in [0.4, 0.5) is 5.69 Å². The number of hydrogen-bond donors (Lipinski definition) is 1. The lowest BCUT2D eigenvalue weighted by Gasteiger charge is -2.35. The van der Waals surface area contributed by atoms with Crippen LogP contribution in [0.3, 0.4) is 0 Å². The monoisotopic (exact) mass is 351 g/mol. The predicted octanol–water partition coefficient (Wildman–Crippen LogP) is 3.96.